The van der Waals surface area contributed by atoms with Gasteiger partial charge in [-0.15, -0.1) is 0 Å². The number of ether oxygens (including phenoxy) is 1. The van der Waals surface area contributed by atoms with Crippen LogP contribution >= 0.6 is 0 Å². The normalized spacial score (nSPS) is 15.2. The van der Waals surface area contributed by atoms with Gasteiger partial charge in [0, 0.05) is 44.0 Å². The molecule has 0 heterocycles. The quantitative estimate of drug-likeness (QED) is 0.227. The number of hydrogen-bond donors (Lipinski definition) is 5. The van der Waals surface area contributed by atoms with E-state index in [9.17, 15) is 38.8 Å². The summed E-state index contributed by atoms with van der Waals surface area (Å²) in [5, 5.41) is 45.8. The van der Waals surface area contributed by atoms with Crippen LogP contribution in [-0.4, -0.2) is 81.9 Å². The van der Waals surface area contributed by atoms with Crippen LogP contribution in [0.5, 0.6) is 0 Å². The SMILES string of the molecule is CCCN(CCC)C(=O)c1cc(C)cc(C(=O)NC(O)(C(O)c2cc(F)cc(F)c2)C(O)C(O)CCOC)c1. The average molecular weight is 553 g/mol. The maximum atomic E-state index is 13.9. The molecule has 2 aromatic carbocycles. The number of nitrogens with zero attached hydrogens (tertiary/aromatic N) is 1. The molecular weight excluding hydrogens is 514 g/mol. The minimum absolute atomic E-state index is 0.0394. The Morgan fingerprint density at radius 1 is 0.974 bits per heavy atom. The third-order valence-corrected chi connectivity index (χ3v) is 6.23. The highest BCUT2D eigenvalue weighted by Gasteiger charge is 2.48. The number of rotatable bonds is 14. The molecule has 9 nitrogen and oxygen atoms in total. The van der Waals surface area contributed by atoms with Gasteiger partial charge >= 0.3 is 0 Å². The van der Waals surface area contributed by atoms with Gasteiger partial charge in [-0.25, -0.2) is 8.78 Å². The molecular formula is C28H38F2N2O7. The molecule has 0 bridgehead atoms. The highest BCUT2D eigenvalue weighted by Crippen LogP contribution is 2.31. The van der Waals surface area contributed by atoms with Gasteiger partial charge in [-0.05, 0) is 67.6 Å². The molecule has 11 heteroatoms. The summed E-state index contributed by atoms with van der Waals surface area (Å²) < 4.78 is 32.6. The number of amides is 2. The number of aliphatic hydroxyl groups excluding tert-OH is 3. The van der Waals surface area contributed by atoms with E-state index in [0.717, 1.165) is 25.0 Å². The summed E-state index contributed by atoms with van der Waals surface area (Å²) in [5.41, 5.74) is -2.81. The summed E-state index contributed by atoms with van der Waals surface area (Å²) in [6, 6.07) is 6.34. The first kappa shape index (κ1) is 32.3. The van der Waals surface area contributed by atoms with E-state index in [-0.39, 0.29) is 30.1 Å². The summed E-state index contributed by atoms with van der Waals surface area (Å²) in [7, 11) is 1.34. The van der Waals surface area contributed by atoms with Crippen LogP contribution in [-0.2, 0) is 4.74 Å². The fraction of sp³-hybridized carbons (Fsp3) is 0.500. The molecule has 5 N–H and O–H groups in total. The number of benzene rings is 2. The minimum atomic E-state index is -3.01. The first-order chi connectivity index (χ1) is 18.4. The van der Waals surface area contributed by atoms with E-state index in [1.807, 2.05) is 13.8 Å². The predicted octanol–water partition coefficient (Wildman–Crippen LogP) is 2.45. The molecule has 2 aromatic rings. The summed E-state index contributed by atoms with van der Waals surface area (Å²) in [4.78, 5) is 28.1. The second kappa shape index (κ2) is 14.4. The number of aliphatic hydroxyl groups is 4. The van der Waals surface area contributed by atoms with E-state index in [1.165, 1.54) is 19.2 Å². The van der Waals surface area contributed by atoms with Gasteiger partial charge in [0.2, 0.25) is 0 Å². The van der Waals surface area contributed by atoms with Crippen LogP contribution in [0.15, 0.2) is 36.4 Å². The maximum Gasteiger partial charge on any atom is 0.253 e. The van der Waals surface area contributed by atoms with E-state index in [1.54, 1.807) is 17.9 Å². The number of nitrogens with one attached hydrogen (secondary N) is 1. The summed E-state index contributed by atoms with van der Waals surface area (Å²) >= 11 is 0. The first-order valence-corrected chi connectivity index (χ1v) is 12.8. The van der Waals surface area contributed by atoms with Crippen molar-refractivity contribution in [3.63, 3.8) is 0 Å². The predicted molar refractivity (Wildman–Crippen MR) is 140 cm³/mol. The molecule has 2 rings (SSSR count). The number of hydrogen-bond acceptors (Lipinski definition) is 7. The van der Waals surface area contributed by atoms with Crippen LogP contribution in [0, 0.1) is 18.6 Å². The lowest BCUT2D eigenvalue weighted by atomic mass is 9.89. The Morgan fingerprint density at radius 3 is 2.08 bits per heavy atom. The fourth-order valence-corrected chi connectivity index (χ4v) is 4.31. The molecule has 0 aliphatic rings. The van der Waals surface area contributed by atoms with Crippen LogP contribution in [0.1, 0.15) is 71.1 Å². The number of carbonyl (C=O) groups excluding carboxylic acids is 2. The molecule has 39 heavy (non-hydrogen) atoms. The lowest BCUT2D eigenvalue weighted by Gasteiger charge is -2.39. The zero-order valence-electron chi connectivity index (χ0n) is 22.7. The largest absolute Gasteiger partial charge is 0.390 e. The van der Waals surface area contributed by atoms with Gasteiger partial charge in [-0.2, -0.15) is 0 Å². The number of carbonyl (C=O) groups is 2. The summed E-state index contributed by atoms with van der Waals surface area (Å²) in [5.74, 6) is -3.45. The van der Waals surface area contributed by atoms with Crippen molar-refractivity contribution in [1.82, 2.24) is 10.2 Å². The van der Waals surface area contributed by atoms with E-state index >= 15 is 0 Å². The van der Waals surface area contributed by atoms with Gasteiger partial charge in [-0.1, -0.05) is 13.8 Å². The van der Waals surface area contributed by atoms with Crippen molar-refractivity contribution in [3.8, 4) is 0 Å². The lowest BCUT2D eigenvalue weighted by Crippen LogP contribution is -2.64. The smallest absolute Gasteiger partial charge is 0.253 e. The Labute approximate surface area is 227 Å². The number of halogens is 2. The second-order valence-corrected chi connectivity index (χ2v) is 9.56. The van der Waals surface area contributed by atoms with Gasteiger partial charge in [0.25, 0.3) is 11.8 Å². The molecule has 4 unspecified atom stereocenters. The molecule has 0 radical (unpaired) electrons. The van der Waals surface area contributed by atoms with Gasteiger partial charge in [0.1, 0.15) is 23.8 Å². The van der Waals surface area contributed by atoms with Gasteiger partial charge in [-0.3, -0.25) is 9.59 Å². The van der Waals surface area contributed by atoms with Crippen LogP contribution in [0.2, 0.25) is 0 Å². The van der Waals surface area contributed by atoms with E-state index in [0.29, 0.717) is 24.7 Å². The van der Waals surface area contributed by atoms with Crippen molar-refractivity contribution < 1.29 is 43.5 Å². The number of aryl methyl sites for hydroxylation is 1. The molecule has 0 spiro atoms. The second-order valence-electron chi connectivity index (χ2n) is 9.56. The Hall–Kier alpha value is -2.96. The Kier molecular flexibility index (Phi) is 11.9. The first-order valence-electron chi connectivity index (χ1n) is 12.8. The number of methoxy groups -OCH3 is 1. The lowest BCUT2D eigenvalue weighted by molar-refractivity contribution is -0.192. The highest BCUT2D eigenvalue weighted by molar-refractivity contribution is 6.00. The molecule has 4 atom stereocenters. The Bertz CT molecular complexity index is 1110. The molecule has 0 fully saturated rings. The molecule has 2 amide bonds. The molecule has 0 aliphatic carbocycles. The Balaban J connectivity index is 2.50. The van der Waals surface area contributed by atoms with Crippen LogP contribution < -0.4 is 5.32 Å². The van der Waals surface area contributed by atoms with Crippen LogP contribution in [0.25, 0.3) is 0 Å². The highest BCUT2D eigenvalue weighted by atomic mass is 19.1. The average Bonchev–Trinajstić information content (AvgIpc) is 2.89. The van der Waals surface area contributed by atoms with Crippen molar-refractivity contribution in [3.05, 3.63) is 70.3 Å². The zero-order chi connectivity index (χ0) is 29.3. The van der Waals surface area contributed by atoms with Crippen molar-refractivity contribution in [1.29, 1.82) is 0 Å². The van der Waals surface area contributed by atoms with Crippen molar-refractivity contribution >= 4 is 11.8 Å². The van der Waals surface area contributed by atoms with Crippen molar-refractivity contribution in [2.24, 2.45) is 0 Å². The van der Waals surface area contributed by atoms with Crippen molar-refractivity contribution in [2.75, 3.05) is 26.8 Å². The van der Waals surface area contributed by atoms with Crippen molar-refractivity contribution in [2.45, 2.75) is 64.1 Å². The maximum absolute atomic E-state index is 13.9. The van der Waals surface area contributed by atoms with Gasteiger partial charge < -0.3 is 35.4 Å². The van der Waals surface area contributed by atoms with Crippen LogP contribution in [0.3, 0.4) is 0 Å². The monoisotopic (exact) mass is 552 g/mol. The standard InChI is InChI=1S/C28H38F2N2O7/c1-5-8-32(9-6-2)27(37)20-12-17(3)11-19(13-20)26(36)31-28(38,25(35)23(33)7-10-39-4)24(34)18-14-21(29)16-22(30)15-18/h11-16,23-25,33-35,38H,5-10H2,1-4H3,(H,31,36). The zero-order valence-corrected chi connectivity index (χ0v) is 22.7. The van der Waals surface area contributed by atoms with E-state index in [4.69, 9.17) is 4.74 Å². The Morgan fingerprint density at radius 2 is 1.54 bits per heavy atom. The van der Waals surface area contributed by atoms with Crippen LogP contribution in [0.4, 0.5) is 8.78 Å². The third-order valence-electron chi connectivity index (χ3n) is 6.23. The molecule has 0 aliphatic heterocycles. The summed E-state index contributed by atoms with van der Waals surface area (Å²) in [6.07, 6.45) is -4.93. The molecule has 0 saturated heterocycles. The molecule has 0 saturated carbocycles. The van der Waals surface area contributed by atoms with Gasteiger partial charge in [0.05, 0.1) is 6.10 Å². The molecule has 216 valence electrons. The van der Waals surface area contributed by atoms with E-state index < -0.39 is 47.1 Å². The van der Waals surface area contributed by atoms with Gasteiger partial charge in [0.15, 0.2) is 5.72 Å². The fourth-order valence-electron chi connectivity index (χ4n) is 4.31. The minimum Gasteiger partial charge on any atom is -0.390 e. The summed E-state index contributed by atoms with van der Waals surface area (Å²) in [6.45, 7) is 6.54. The third kappa shape index (κ3) is 8.26. The topological polar surface area (TPSA) is 140 Å². The molecule has 0 aromatic heterocycles. The van der Waals surface area contributed by atoms with E-state index in [2.05, 4.69) is 5.32 Å².